The van der Waals surface area contributed by atoms with E-state index in [1.54, 1.807) is 0 Å². The van der Waals surface area contributed by atoms with E-state index in [-0.39, 0.29) is 24.0 Å². The maximum Gasteiger partial charge on any atom is 0.108 e. The van der Waals surface area contributed by atoms with Crippen molar-refractivity contribution >= 4 is 10.9 Å². The Kier molecular flexibility index (Phi) is 11.8. The summed E-state index contributed by atoms with van der Waals surface area (Å²) in [6.07, 6.45) is 5.68. The first-order valence-electron chi connectivity index (χ1n) is 2.51. The molecule has 1 nitrogen and oxygen atoms in total. The molecule has 0 aromatic rings. The molecule has 0 saturated carbocycles. The number of halogens is 1. The van der Waals surface area contributed by atoms with Gasteiger partial charge in [-0.2, -0.15) is 0 Å². The molecule has 2 N–H and O–H groups in total. The van der Waals surface area contributed by atoms with Crippen molar-refractivity contribution in [2.45, 2.75) is 6.42 Å². The van der Waals surface area contributed by atoms with E-state index in [0.717, 1.165) is 6.54 Å². The zero-order valence-electron chi connectivity index (χ0n) is 5.48. The largest absolute Gasteiger partial charge is 1.00 e. The third-order valence-corrected chi connectivity index (χ3v) is 1.86. The minimum absolute atomic E-state index is 0. The summed E-state index contributed by atoms with van der Waals surface area (Å²) >= 11 is 0. The van der Waals surface area contributed by atoms with Crippen molar-refractivity contribution in [2.24, 2.45) is 5.73 Å². The Bertz CT molecular complexity index is 41.4. The van der Waals surface area contributed by atoms with Crippen LogP contribution in [0.15, 0.2) is 0 Å². The molecule has 0 radical (unpaired) electrons. The lowest BCUT2D eigenvalue weighted by Crippen LogP contribution is -3.00. The third-order valence-electron chi connectivity index (χ3n) is 0.757. The minimum Gasteiger partial charge on any atom is -1.00 e. The molecule has 0 unspecified atom stereocenters. The maximum absolute atomic E-state index is 5.28. The SMILES string of the molecule is C[S+](C)CCCN.[I-]. The van der Waals surface area contributed by atoms with Gasteiger partial charge in [-0.3, -0.25) is 0 Å². The Labute approximate surface area is 71.8 Å². The lowest BCUT2D eigenvalue weighted by atomic mass is 10.5. The highest BCUT2D eigenvalue weighted by atomic mass is 127. The monoisotopic (exact) mass is 247 g/mol. The molecule has 0 aliphatic carbocycles. The molecule has 0 heterocycles. The first-order chi connectivity index (χ1) is 3.27. The summed E-state index contributed by atoms with van der Waals surface area (Å²) in [5, 5.41) is 0. The summed E-state index contributed by atoms with van der Waals surface area (Å²) in [7, 11) is 0.605. The second-order valence-corrected chi connectivity index (χ2v) is 4.21. The first-order valence-corrected chi connectivity index (χ1v) is 4.72. The van der Waals surface area contributed by atoms with Gasteiger partial charge >= 0.3 is 0 Å². The van der Waals surface area contributed by atoms with E-state index in [9.17, 15) is 0 Å². The van der Waals surface area contributed by atoms with E-state index < -0.39 is 0 Å². The summed E-state index contributed by atoms with van der Waals surface area (Å²) in [5.41, 5.74) is 5.28. The molecule has 8 heavy (non-hydrogen) atoms. The molecule has 0 rings (SSSR count). The molecule has 0 aromatic heterocycles. The topological polar surface area (TPSA) is 26.0 Å². The Hall–Kier alpha value is 1.04. The van der Waals surface area contributed by atoms with E-state index in [4.69, 9.17) is 5.73 Å². The fraction of sp³-hybridized carbons (Fsp3) is 1.00. The van der Waals surface area contributed by atoms with Crippen LogP contribution in [0.25, 0.3) is 0 Å². The predicted octanol–water partition coefficient (Wildman–Crippen LogP) is -2.78. The molecule has 0 fully saturated rings. The Morgan fingerprint density at radius 2 is 1.88 bits per heavy atom. The molecule has 3 heteroatoms. The zero-order chi connectivity index (χ0) is 5.70. The highest BCUT2D eigenvalue weighted by Gasteiger charge is 1.97. The molecule has 0 saturated heterocycles. The summed E-state index contributed by atoms with van der Waals surface area (Å²) in [5.74, 6) is 1.30. The van der Waals surface area contributed by atoms with Crippen molar-refractivity contribution in [3.8, 4) is 0 Å². The van der Waals surface area contributed by atoms with Crippen molar-refractivity contribution < 1.29 is 24.0 Å². The van der Waals surface area contributed by atoms with Crippen LogP contribution < -0.4 is 29.7 Å². The van der Waals surface area contributed by atoms with E-state index >= 15 is 0 Å². The summed E-state index contributed by atoms with van der Waals surface area (Å²) in [4.78, 5) is 0. The lowest BCUT2D eigenvalue weighted by molar-refractivity contribution is -0.00000176. The van der Waals surface area contributed by atoms with Crippen LogP contribution in [-0.4, -0.2) is 24.8 Å². The fourth-order valence-corrected chi connectivity index (χ4v) is 1.12. The van der Waals surface area contributed by atoms with E-state index in [0.29, 0.717) is 10.9 Å². The van der Waals surface area contributed by atoms with Crippen molar-refractivity contribution in [3.05, 3.63) is 0 Å². The van der Waals surface area contributed by atoms with Gasteiger partial charge in [-0.25, -0.2) is 0 Å². The molecule has 0 aliphatic rings. The van der Waals surface area contributed by atoms with Gasteiger partial charge in [0.15, 0.2) is 0 Å². The van der Waals surface area contributed by atoms with Crippen LogP contribution >= 0.6 is 0 Å². The Balaban J connectivity index is 0. The normalized spacial score (nSPS) is 9.00. The molecule has 0 spiro atoms. The average molecular weight is 247 g/mol. The van der Waals surface area contributed by atoms with E-state index in [1.165, 1.54) is 12.2 Å². The number of rotatable bonds is 3. The number of nitrogens with two attached hydrogens (primary N) is 1. The Morgan fingerprint density at radius 3 is 2.00 bits per heavy atom. The van der Waals surface area contributed by atoms with Gasteiger partial charge in [0.05, 0.1) is 12.5 Å². The average Bonchev–Trinajstić information content (AvgIpc) is 1.61. The molecular weight excluding hydrogens is 233 g/mol. The molecule has 0 amide bonds. The van der Waals surface area contributed by atoms with Crippen LogP contribution in [-0.2, 0) is 10.9 Å². The fourth-order valence-electron chi connectivity index (χ4n) is 0.372. The quantitative estimate of drug-likeness (QED) is 0.424. The number of hydrogen-bond acceptors (Lipinski definition) is 1. The molecule has 0 bridgehead atoms. The molecule has 52 valence electrons. The van der Waals surface area contributed by atoms with Gasteiger partial charge in [0, 0.05) is 6.42 Å². The van der Waals surface area contributed by atoms with Crippen LogP contribution in [0.3, 0.4) is 0 Å². The standard InChI is InChI=1S/C5H14NS.HI/c1-7(2)5-3-4-6;/h3-6H2,1-2H3;1H/q+1;/p-1. The third kappa shape index (κ3) is 10.1. The molecule has 0 aromatic carbocycles. The predicted molar refractivity (Wildman–Crippen MR) is 37.8 cm³/mol. The van der Waals surface area contributed by atoms with E-state index in [2.05, 4.69) is 12.5 Å². The van der Waals surface area contributed by atoms with Gasteiger partial charge in [0.2, 0.25) is 0 Å². The first kappa shape index (κ1) is 11.8. The van der Waals surface area contributed by atoms with Gasteiger partial charge in [0.1, 0.15) is 5.75 Å². The lowest BCUT2D eigenvalue weighted by Gasteiger charge is -1.91. The van der Waals surface area contributed by atoms with Crippen LogP contribution in [0.2, 0.25) is 0 Å². The zero-order valence-corrected chi connectivity index (χ0v) is 8.46. The highest BCUT2D eigenvalue weighted by molar-refractivity contribution is 7.95. The minimum atomic E-state index is 0. The second kappa shape index (κ2) is 8.04. The van der Waals surface area contributed by atoms with Crippen LogP contribution in [0, 0.1) is 0 Å². The van der Waals surface area contributed by atoms with Crippen molar-refractivity contribution in [3.63, 3.8) is 0 Å². The van der Waals surface area contributed by atoms with Crippen LogP contribution in [0.4, 0.5) is 0 Å². The number of hydrogen-bond donors (Lipinski definition) is 1. The summed E-state index contributed by atoms with van der Waals surface area (Å²) in [6, 6.07) is 0. The molecular formula is C5H14INS. The van der Waals surface area contributed by atoms with Gasteiger partial charge < -0.3 is 29.7 Å². The van der Waals surface area contributed by atoms with Crippen molar-refractivity contribution in [2.75, 3.05) is 24.8 Å². The molecule has 0 aliphatic heterocycles. The van der Waals surface area contributed by atoms with Gasteiger partial charge in [-0.05, 0) is 17.4 Å². The smallest absolute Gasteiger partial charge is 0.108 e. The maximum atomic E-state index is 5.28. The Morgan fingerprint density at radius 1 is 1.38 bits per heavy atom. The molecule has 0 atom stereocenters. The van der Waals surface area contributed by atoms with Gasteiger partial charge in [-0.1, -0.05) is 0 Å². The van der Waals surface area contributed by atoms with E-state index in [1.807, 2.05) is 0 Å². The van der Waals surface area contributed by atoms with Gasteiger partial charge in [0.25, 0.3) is 0 Å². The van der Waals surface area contributed by atoms with Crippen molar-refractivity contribution in [1.29, 1.82) is 0 Å². The van der Waals surface area contributed by atoms with Gasteiger partial charge in [-0.15, -0.1) is 0 Å². The van der Waals surface area contributed by atoms with Crippen molar-refractivity contribution in [1.82, 2.24) is 0 Å². The van der Waals surface area contributed by atoms with Crippen LogP contribution in [0.1, 0.15) is 6.42 Å². The summed E-state index contributed by atoms with van der Waals surface area (Å²) < 4.78 is 0. The summed E-state index contributed by atoms with van der Waals surface area (Å²) in [6.45, 7) is 0.852. The second-order valence-electron chi connectivity index (χ2n) is 1.83. The highest BCUT2D eigenvalue weighted by Crippen LogP contribution is 1.85. The van der Waals surface area contributed by atoms with Crippen LogP contribution in [0.5, 0.6) is 0 Å².